The second-order valence-electron chi connectivity index (χ2n) is 10.1. The van der Waals surface area contributed by atoms with E-state index in [0.29, 0.717) is 50.4 Å². The highest BCUT2D eigenvalue weighted by molar-refractivity contribution is 7.10. The van der Waals surface area contributed by atoms with E-state index >= 15 is 0 Å². The Balaban J connectivity index is 1.42. The molecule has 4 heterocycles. The van der Waals surface area contributed by atoms with Crippen molar-refractivity contribution >= 4 is 32.9 Å². The van der Waals surface area contributed by atoms with Gasteiger partial charge in [-0.1, -0.05) is 17.7 Å². The Hall–Kier alpha value is -3.15. The summed E-state index contributed by atoms with van der Waals surface area (Å²) in [5.41, 5.74) is 0.387. The number of benzene rings is 1. The van der Waals surface area contributed by atoms with E-state index in [0.717, 1.165) is 0 Å². The molecule has 2 aliphatic rings. The fraction of sp³-hybridized carbons (Fsp3) is 0.440. The molecule has 0 amide bonds. The van der Waals surface area contributed by atoms with E-state index in [1.165, 1.54) is 28.9 Å². The highest BCUT2D eigenvalue weighted by Crippen LogP contribution is 2.42. The van der Waals surface area contributed by atoms with Gasteiger partial charge in [-0.25, -0.2) is 4.68 Å². The summed E-state index contributed by atoms with van der Waals surface area (Å²) in [7, 11) is 1.98. The summed E-state index contributed by atoms with van der Waals surface area (Å²) in [6.45, 7) is 3.39. The highest BCUT2D eigenvalue weighted by atomic mass is 35.5. The summed E-state index contributed by atoms with van der Waals surface area (Å²) in [6.07, 6.45) is -3.74. The maximum Gasteiger partial charge on any atom is 0.429 e. The molecule has 2 N–H and O–H groups in total. The highest BCUT2D eigenvalue weighted by Gasteiger charge is 2.46. The number of carbonyl (C=O) groups is 1. The molecule has 5 rings (SSSR count). The van der Waals surface area contributed by atoms with Crippen molar-refractivity contribution in [2.75, 3.05) is 24.5 Å². The number of aryl methyl sites for hydroxylation is 1. The zero-order valence-corrected chi connectivity index (χ0v) is 23.3. The molecule has 3 aromatic rings. The fourth-order valence-corrected chi connectivity index (χ4v) is 5.54. The number of aromatic nitrogens is 4. The predicted molar refractivity (Wildman–Crippen MR) is 143 cm³/mol. The second-order valence-corrected chi connectivity index (χ2v) is 10.7. The minimum atomic E-state index is -4.81. The first-order valence-electron chi connectivity index (χ1n) is 12.5. The smallest absolute Gasteiger partial charge is 0.429 e. The number of hydrogen-bond acceptors (Lipinski definition) is 8. The monoisotopic (exact) mass is 598 g/mol. The van der Waals surface area contributed by atoms with Crippen molar-refractivity contribution in [3.8, 4) is 17.6 Å². The first-order valence-corrected chi connectivity index (χ1v) is 13.3. The van der Waals surface area contributed by atoms with E-state index < -0.39 is 24.3 Å². The summed E-state index contributed by atoms with van der Waals surface area (Å²) in [6, 6.07) is 6.27. The molecule has 0 aliphatic carbocycles. The van der Waals surface area contributed by atoms with Gasteiger partial charge in [0.2, 0.25) is 12.0 Å². The van der Waals surface area contributed by atoms with E-state index in [2.05, 4.69) is 20.4 Å². The topological polar surface area (TPSA) is 115 Å². The van der Waals surface area contributed by atoms with Crippen molar-refractivity contribution < 1.29 is 32.3 Å². The van der Waals surface area contributed by atoms with Crippen molar-refractivity contribution in [3.05, 3.63) is 52.8 Å². The molecular formula is C25H27ClF3N6O4P. The van der Waals surface area contributed by atoms with Crippen molar-refractivity contribution in [2.45, 2.75) is 44.5 Å². The standard InChI is InChI=1S/C25H27ClF3N6O4P/c1-14-4-7-35(33-14)18-10-15(26)2-3-16(18)21(25(27,28)29)38-20-11-19(31-23(32-20)39-40)34-8-5-24(6-9-34)12-17(22(36)37)30-13-24/h2-4,7,10-11,17,21,30H,5-6,8-9,12-13,40H2,1H3,(H,36,37)/t17?,21-/m1/s1. The van der Waals surface area contributed by atoms with Crippen LogP contribution in [0.3, 0.4) is 0 Å². The van der Waals surface area contributed by atoms with Gasteiger partial charge < -0.3 is 24.6 Å². The molecule has 2 fully saturated rings. The van der Waals surface area contributed by atoms with Gasteiger partial charge in [0.25, 0.3) is 0 Å². The van der Waals surface area contributed by atoms with Crippen LogP contribution in [0.5, 0.6) is 11.9 Å². The Kier molecular flexibility index (Phi) is 7.82. The van der Waals surface area contributed by atoms with Gasteiger partial charge in [-0.3, -0.25) is 4.79 Å². The van der Waals surface area contributed by atoms with Gasteiger partial charge in [-0.15, -0.1) is 0 Å². The lowest BCUT2D eigenvalue weighted by atomic mass is 9.76. The molecule has 2 aliphatic heterocycles. The van der Waals surface area contributed by atoms with Crippen LogP contribution >= 0.6 is 21.1 Å². The van der Waals surface area contributed by atoms with Gasteiger partial charge in [0, 0.05) is 42.5 Å². The summed E-state index contributed by atoms with van der Waals surface area (Å²) in [5, 5.41) is 16.9. The van der Waals surface area contributed by atoms with Gasteiger partial charge in [0.1, 0.15) is 11.9 Å². The van der Waals surface area contributed by atoms with Crippen LogP contribution in [0.15, 0.2) is 36.5 Å². The molecule has 0 bridgehead atoms. The van der Waals surface area contributed by atoms with Crippen LogP contribution in [-0.2, 0) is 4.79 Å². The number of nitrogens with zero attached hydrogens (tertiary/aromatic N) is 5. The number of piperidine rings is 1. The Labute approximate surface area is 235 Å². The molecule has 40 heavy (non-hydrogen) atoms. The van der Waals surface area contributed by atoms with Crippen molar-refractivity contribution in [2.24, 2.45) is 5.41 Å². The van der Waals surface area contributed by atoms with Crippen molar-refractivity contribution in [3.63, 3.8) is 0 Å². The zero-order chi connectivity index (χ0) is 28.7. The van der Waals surface area contributed by atoms with Gasteiger partial charge in [0.15, 0.2) is 0 Å². The first-order chi connectivity index (χ1) is 19.0. The number of halogens is 4. The van der Waals surface area contributed by atoms with Crippen LogP contribution in [-0.4, -0.2) is 62.7 Å². The van der Waals surface area contributed by atoms with Gasteiger partial charge >= 0.3 is 18.2 Å². The normalized spacial score (nSPS) is 19.6. The molecule has 0 radical (unpaired) electrons. The number of nitrogens with one attached hydrogen (secondary N) is 1. The minimum absolute atomic E-state index is 0.117. The lowest BCUT2D eigenvalue weighted by Crippen LogP contribution is -2.41. The van der Waals surface area contributed by atoms with E-state index in [4.69, 9.17) is 20.9 Å². The van der Waals surface area contributed by atoms with Crippen LogP contribution in [0.25, 0.3) is 5.69 Å². The third-order valence-corrected chi connectivity index (χ3v) is 7.81. The number of carboxylic acid groups (broad SMARTS) is 1. The van der Waals surface area contributed by atoms with E-state index in [9.17, 15) is 23.1 Å². The van der Waals surface area contributed by atoms with Gasteiger partial charge in [0.05, 0.1) is 20.8 Å². The Bertz CT molecular complexity index is 1400. The lowest BCUT2D eigenvalue weighted by Gasteiger charge is -2.39. The molecule has 1 spiro atoms. The predicted octanol–water partition coefficient (Wildman–Crippen LogP) is 4.51. The van der Waals surface area contributed by atoms with Crippen LogP contribution in [0.2, 0.25) is 5.02 Å². The summed E-state index contributed by atoms with van der Waals surface area (Å²) >= 11 is 6.13. The maximum absolute atomic E-state index is 14.5. The van der Waals surface area contributed by atoms with E-state index in [1.54, 1.807) is 19.2 Å². The number of hydrogen-bond donors (Lipinski definition) is 2. The molecular weight excluding hydrogens is 572 g/mol. The molecule has 15 heteroatoms. The average molecular weight is 599 g/mol. The van der Waals surface area contributed by atoms with Gasteiger partial charge in [-0.05, 0) is 49.8 Å². The second kappa shape index (κ2) is 11.0. The number of anilines is 1. The molecule has 10 nitrogen and oxygen atoms in total. The van der Waals surface area contributed by atoms with Crippen molar-refractivity contribution in [1.82, 2.24) is 25.1 Å². The quantitative estimate of drug-likeness (QED) is 0.379. The summed E-state index contributed by atoms with van der Waals surface area (Å²) < 4.78 is 55.3. The molecule has 214 valence electrons. The largest absolute Gasteiger partial charge is 0.480 e. The number of aliphatic carboxylic acids is 1. The number of rotatable bonds is 7. The van der Waals surface area contributed by atoms with E-state index in [1.807, 2.05) is 14.4 Å². The molecule has 2 saturated heterocycles. The zero-order valence-electron chi connectivity index (χ0n) is 21.4. The van der Waals surface area contributed by atoms with Crippen LogP contribution in [0.4, 0.5) is 19.0 Å². The van der Waals surface area contributed by atoms with Crippen molar-refractivity contribution in [1.29, 1.82) is 0 Å². The first kappa shape index (κ1) is 28.4. The molecule has 2 unspecified atom stereocenters. The third kappa shape index (κ3) is 5.96. The molecule has 2 aromatic heterocycles. The molecule has 3 atom stereocenters. The number of alkyl halides is 3. The van der Waals surface area contributed by atoms with E-state index in [-0.39, 0.29) is 33.6 Å². The number of carboxylic acids is 1. The third-order valence-electron chi connectivity index (χ3n) is 7.36. The fourth-order valence-electron chi connectivity index (χ4n) is 5.26. The van der Waals surface area contributed by atoms with Gasteiger partial charge in [-0.2, -0.15) is 28.2 Å². The number of ether oxygens (including phenoxy) is 1. The average Bonchev–Trinajstić information content (AvgIpc) is 3.54. The Morgan fingerprint density at radius 1 is 1.25 bits per heavy atom. The SMILES string of the molecule is Cc1ccn(-c2cc(Cl)ccc2[C@@H](Oc2cc(N3CCC4(CC3)CNC(C(=O)O)C4)nc(OP)n2)C(F)(F)F)n1. The molecule has 1 aromatic carbocycles. The summed E-state index contributed by atoms with van der Waals surface area (Å²) in [4.78, 5) is 21.6. The van der Waals surface area contributed by atoms with Crippen LogP contribution < -0.4 is 19.5 Å². The van der Waals surface area contributed by atoms with Crippen LogP contribution in [0, 0.1) is 12.3 Å². The summed E-state index contributed by atoms with van der Waals surface area (Å²) in [5.74, 6) is -0.848. The Morgan fingerprint density at radius 3 is 2.60 bits per heavy atom. The minimum Gasteiger partial charge on any atom is -0.480 e. The van der Waals surface area contributed by atoms with Crippen LogP contribution in [0.1, 0.15) is 36.6 Å². The Morgan fingerprint density at radius 2 is 2.00 bits per heavy atom. The maximum atomic E-state index is 14.5. The lowest BCUT2D eigenvalue weighted by molar-refractivity contribution is -0.198. The molecule has 0 saturated carbocycles.